The molecule has 1 rings (SSSR count). The maximum atomic E-state index is 9.53. The second kappa shape index (κ2) is 6.16. The molecule has 1 aliphatic rings. The Morgan fingerprint density at radius 1 is 1.29 bits per heavy atom. The molecule has 0 heterocycles. The lowest BCUT2D eigenvalue weighted by Gasteiger charge is -2.42. The SMILES string of the molecule is C[SiH](C)OC(C1CC=CCC1CO)C(C)(C)C. The molecule has 0 aliphatic heterocycles. The van der Waals surface area contributed by atoms with Crippen LogP contribution >= 0.6 is 0 Å². The van der Waals surface area contributed by atoms with Crippen molar-refractivity contribution in [3.05, 3.63) is 12.2 Å². The van der Waals surface area contributed by atoms with Gasteiger partial charge in [-0.25, -0.2) is 0 Å². The first-order chi connectivity index (χ1) is 7.86. The van der Waals surface area contributed by atoms with Crippen LogP contribution in [0.5, 0.6) is 0 Å². The minimum absolute atomic E-state index is 0.153. The van der Waals surface area contributed by atoms with Crippen molar-refractivity contribution in [2.24, 2.45) is 17.3 Å². The monoisotopic (exact) mass is 256 g/mol. The van der Waals surface area contributed by atoms with Gasteiger partial charge in [0.25, 0.3) is 0 Å². The average molecular weight is 256 g/mol. The summed E-state index contributed by atoms with van der Waals surface area (Å²) < 4.78 is 6.28. The number of hydrogen-bond donors (Lipinski definition) is 1. The first-order valence-electron chi connectivity index (χ1n) is 6.77. The van der Waals surface area contributed by atoms with Gasteiger partial charge in [-0.05, 0) is 43.2 Å². The highest BCUT2D eigenvalue weighted by atomic mass is 28.3. The smallest absolute Gasteiger partial charge is 0.171 e. The van der Waals surface area contributed by atoms with Gasteiger partial charge in [0.2, 0.25) is 0 Å². The molecule has 3 unspecified atom stereocenters. The van der Waals surface area contributed by atoms with Gasteiger partial charge in [0.1, 0.15) is 0 Å². The Labute approximate surface area is 108 Å². The quantitative estimate of drug-likeness (QED) is 0.619. The maximum Gasteiger partial charge on any atom is 0.171 e. The minimum atomic E-state index is -1.04. The third-order valence-corrected chi connectivity index (χ3v) is 4.35. The molecule has 17 heavy (non-hydrogen) atoms. The minimum Gasteiger partial charge on any atom is -0.417 e. The molecule has 0 bridgehead atoms. The molecule has 2 nitrogen and oxygen atoms in total. The number of aliphatic hydroxyl groups is 1. The van der Waals surface area contributed by atoms with Crippen LogP contribution in [0.3, 0.4) is 0 Å². The van der Waals surface area contributed by atoms with E-state index in [2.05, 4.69) is 46.0 Å². The van der Waals surface area contributed by atoms with E-state index in [9.17, 15) is 5.11 Å². The molecule has 1 aliphatic carbocycles. The summed E-state index contributed by atoms with van der Waals surface area (Å²) >= 11 is 0. The summed E-state index contributed by atoms with van der Waals surface area (Å²) in [6.07, 6.45) is 6.77. The van der Waals surface area contributed by atoms with E-state index in [-0.39, 0.29) is 18.1 Å². The summed E-state index contributed by atoms with van der Waals surface area (Å²) in [7, 11) is -1.04. The summed E-state index contributed by atoms with van der Waals surface area (Å²) in [5, 5.41) is 9.53. The number of aliphatic hydroxyl groups excluding tert-OH is 1. The third kappa shape index (κ3) is 4.23. The molecular weight excluding hydrogens is 228 g/mol. The van der Waals surface area contributed by atoms with Crippen LogP contribution in [0.4, 0.5) is 0 Å². The number of allylic oxidation sites excluding steroid dienone is 2. The third-order valence-electron chi connectivity index (χ3n) is 3.51. The molecule has 0 aromatic heterocycles. The molecule has 0 spiro atoms. The normalized spacial score (nSPS) is 27.5. The van der Waals surface area contributed by atoms with E-state index < -0.39 is 9.04 Å². The van der Waals surface area contributed by atoms with Crippen LogP contribution in [0.25, 0.3) is 0 Å². The second-order valence-electron chi connectivity index (χ2n) is 6.52. The van der Waals surface area contributed by atoms with Crippen molar-refractivity contribution in [3.8, 4) is 0 Å². The predicted octanol–water partition coefficient (Wildman–Crippen LogP) is 2.98. The molecule has 0 aromatic carbocycles. The van der Waals surface area contributed by atoms with Gasteiger partial charge in [-0.2, -0.15) is 0 Å². The standard InChI is InChI=1S/C14H28O2Si/c1-14(2,3)13(16-17(4)5)12-9-7-6-8-11(12)10-15/h6-7,11-13,15,17H,8-10H2,1-5H3. The lowest BCUT2D eigenvalue weighted by atomic mass is 9.72. The Hall–Kier alpha value is -0.123. The van der Waals surface area contributed by atoms with Crippen LogP contribution < -0.4 is 0 Å². The summed E-state index contributed by atoms with van der Waals surface area (Å²) in [6.45, 7) is 11.5. The summed E-state index contributed by atoms with van der Waals surface area (Å²) in [5.74, 6) is 0.844. The molecule has 0 fully saturated rings. The van der Waals surface area contributed by atoms with Crippen molar-refractivity contribution in [2.75, 3.05) is 6.61 Å². The van der Waals surface area contributed by atoms with Gasteiger partial charge in [0, 0.05) is 6.61 Å². The molecule has 0 radical (unpaired) electrons. The molecule has 0 saturated carbocycles. The topological polar surface area (TPSA) is 29.5 Å². The molecule has 0 amide bonds. The maximum absolute atomic E-state index is 9.53. The fourth-order valence-electron chi connectivity index (χ4n) is 2.71. The van der Waals surface area contributed by atoms with Gasteiger partial charge in [-0.3, -0.25) is 0 Å². The van der Waals surface area contributed by atoms with Gasteiger partial charge < -0.3 is 9.53 Å². The van der Waals surface area contributed by atoms with E-state index in [0.29, 0.717) is 11.8 Å². The average Bonchev–Trinajstić information content (AvgIpc) is 2.24. The van der Waals surface area contributed by atoms with Crippen LogP contribution in [-0.2, 0) is 4.43 Å². The highest BCUT2D eigenvalue weighted by Crippen LogP contribution is 2.38. The van der Waals surface area contributed by atoms with Crippen molar-refractivity contribution >= 4 is 9.04 Å². The fourth-order valence-corrected chi connectivity index (χ4v) is 3.91. The molecule has 0 saturated heterocycles. The van der Waals surface area contributed by atoms with Crippen LogP contribution in [-0.4, -0.2) is 26.9 Å². The molecular formula is C14H28O2Si. The van der Waals surface area contributed by atoms with Gasteiger partial charge in [0.15, 0.2) is 9.04 Å². The fraction of sp³-hybridized carbons (Fsp3) is 0.857. The van der Waals surface area contributed by atoms with E-state index in [1.807, 2.05) is 0 Å². The molecule has 100 valence electrons. The van der Waals surface area contributed by atoms with Crippen molar-refractivity contribution < 1.29 is 9.53 Å². The Bertz CT molecular complexity index is 255. The first-order valence-corrected chi connectivity index (χ1v) is 9.55. The summed E-state index contributed by atoms with van der Waals surface area (Å²) in [4.78, 5) is 0. The summed E-state index contributed by atoms with van der Waals surface area (Å²) in [6, 6.07) is 0. The highest BCUT2D eigenvalue weighted by molar-refractivity contribution is 6.48. The van der Waals surface area contributed by atoms with Gasteiger partial charge in [-0.1, -0.05) is 32.9 Å². The Balaban J connectivity index is 2.84. The molecule has 1 N–H and O–H groups in total. The van der Waals surface area contributed by atoms with Crippen molar-refractivity contribution in [2.45, 2.75) is 52.8 Å². The van der Waals surface area contributed by atoms with Crippen molar-refractivity contribution in [3.63, 3.8) is 0 Å². The largest absolute Gasteiger partial charge is 0.417 e. The molecule has 3 atom stereocenters. The molecule has 0 aromatic rings. The first kappa shape index (κ1) is 14.9. The van der Waals surface area contributed by atoms with Crippen molar-refractivity contribution in [1.29, 1.82) is 0 Å². The Morgan fingerprint density at radius 2 is 1.88 bits per heavy atom. The molecule has 3 heteroatoms. The van der Waals surface area contributed by atoms with Gasteiger partial charge in [-0.15, -0.1) is 0 Å². The van der Waals surface area contributed by atoms with Crippen LogP contribution in [0.1, 0.15) is 33.6 Å². The number of hydrogen-bond acceptors (Lipinski definition) is 2. The van der Waals surface area contributed by atoms with Crippen LogP contribution in [0.15, 0.2) is 12.2 Å². The predicted molar refractivity (Wildman–Crippen MR) is 75.6 cm³/mol. The number of rotatable bonds is 4. The summed E-state index contributed by atoms with van der Waals surface area (Å²) in [5.41, 5.74) is 0.153. The van der Waals surface area contributed by atoms with Crippen LogP contribution in [0, 0.1) is 17.3 Å². The Kier molecular flexibility index (Phi) is 5.42. The Morgan fingerprint density at radius 3 is 2.35 bits per heavy atom. The van der Waals surface area contributed by atoms with E-state index in [1.54, 1.807) is 0 Å². The lowest BCUT2D eigenvalue weighted by Crippen LogP contribution is -2.43. The van der Waals surface area contributed by atoms with E-state index in [4.69, 9.17) is 4.43 Å². The van der Waals surface area contributed by atoms with E-state index in [1.165, 1.54) is 0 Å². The van der Waals surface area contributed by atoms with Gasteiger partial charge in [0.05, 0.1) is 6.10 Å². The zero-order valence-corrected chi connectivity index (χ0v) is 13.1. The van der Waals surface area contributed by atoms with Crippen molar-refractivity contribution in [1.82, 2.24) is 0 Å². The van der Waals surface area contributed by atoms with E-state index in [0.717, 1.165) is 12.8 Å². The van der Waals surface area contributed by atoms with Gasteiger partial charge >= 0.3 is 0 Å². The highest BCUT2D eigenvalue weighted by Gasteiger charge is 2.37. The lowest BCUT2D eigenvalue weighted by molar-refractivity contribution is -0.00599. The zero-order valence-electron chi connectivity index (χ0n) is 11.9. The zero-order chi connectivity index (χ0) is 13.1. The second-order valence-corrected chi connectivity index (χ2v) is 8.89. The van der Waals surface area contributed by atoms with Crippen LogP contribution in [0.2, 0.25) is 13.1 Å². The van der Waals surface area contributed by atoms with E-state index >= 15 is 0 Å².